The molecule has 2 amide bonds. The van der Waals surface area contributed by atoms with Crippen LogP contribution < -0.4 is 27.8 Å². The molecule has 0 spiro atoms. The Morgan fingerprint density at radius 2 is 2.09 bits per heavy atom. The number of carboxylic acids is 1. The van der Waals surface area contributed by atoms with Gasteiger partial charge < -0.3 is 36.8 Å². The second kappa shape index (κ2) is 11.1. The molecule has 2 rings (SSSR count). The molecule has 33 heavy (non-hydrogen) atoms. The highest BCUT2D eigenvalue weighted by molar-refractivity contribution is 5.81. The normalized spacial score (nSPS) is 20.5. The summed E-state index contributed by atoms with van der Waals surface area (Å²) in [5.41, 5.74) is 10.1. The number of rotatable bonds is 9. The fourth-order valence-electron chi connectivity index (χ4n) is 3.16. The minimum atomic E-state index is -1.48. The van der Waals surface area contributed by atoms with E-state index in [1.807, 2.05) is 0 Å². The molecule has 0 bridgehead atoms. The van der Waals surface area contributed by atoms with E-state index in [4.69, 9.17) is 21.6 Å². The monoisotopic (exact) mass is 464 g/mol. The van der Waals surface area contributed by atoms with Gasteiger partial charge in [-0.25, -0.2) is 9.59 Å². The van der Waals surface area contributed by atoms with Crippen LogP contribution in [0.2, 0.25) is 0 Å². The summed E-state index contributed by atoms with van der Waals surface area (Å²) in [4.78, 5) is 52.9. The molecule has 180 valence electrons. The van der Waals surface area contributed by atoms with Crippen LogP contribution in [-0.2, 0) is 19.1 Å². The quantitative estimate of drug-likeness (QED) is 0.133. The van der Waals surface area contributed by atoms with Crippen LogP contribution in [0.15, 0.2) is 29.2 Å². The van der Waals surface area contributed by atoms with Gasteiger partial charge in [0.15, 0.2) is 18.3 Å². The second-order valence-electron chi connectivity index (χ2n) is 7.50. The van der Waals surface area contributed by atoms with Gasteiger partial charge >= 0.3 is 11.7 Å². The summed E-state index contributed by atoms with van der Waals surface area (Å²) >= 11 is 0. The summed E-state index contributed by atoms with van der Waals surface area (Å²) in [5.74, 6) is -2.34. The summed E-state index contributed by atoms with van der Waals surface area (Å²) in [6, 6.07) is -0.205. The lowest BCUT2D eigenvalue weighted by Crippen LogP contribution is -2.51. The minimum Gasteiger partial charge on any atom is -0.479 e. The van der Waals surface area contributed by atoms with Crippen molar-refractivity contribution in [3.8, 4) is 0 Å². The van der Waals surface area contributed by atoms with Crippen molar-refractivity contribution in [2.45, 2.75) is 44.2 Å². The highest BCUT2D eigenvalue weighted by Gasteiger charge is 2.35. The molecule has 2 heterocycles. The Labute approximate surface area is 189 Å². The van der Waals surface area contributed by atoms with Crippen LogP contribution in [0.3, 0.4) is 0 Å². The van der Waals surface area contributed by atoms with Crippen LogP contribution in [0.5, 0.6) is 0 Å². The van der Waals surface area contributed by atoms with Crippen LogP contribution in [0, 0.1) is 5.41 Å². The lowest BCUT2D eigenvalue weighted by Gasteiger charge is -2.31. The highest BCUT2D eigenvalue weighted by atomic mass is 16.5. The van der Waals surface area contributed by atoms with Gasteiger partial charge in [0.05, 0.1) is 6.04 Å². The average molecular weight is 464 g/mol. The molecule has 1 aliphatic heterocycles. The summed E-state index contributed by atoms with van der Waals surface area (Å²) in [6.07, 6.45) is 1.85. The molecule has 0 fully saturated rings. The Morgan fingerprint density at radius 1 is 1.39 bits per heavy atom. The number of nitrogens with two attached hydrogens (primary N) is 2. The minimum absolute atomic E-state index is 0.0131. The molecule has 0 aromatic carbocycles. The smallest absolute Gasteiger partial charge is 0.351 e. The van der Waals surface area contributed by atoms with E-state index in [9.17, 15) is 24.3 Å². The van der Waals surface area contributed by atoms with E-state index in [-0.39, 0.29) is 24.1 Å². The van der Waals surface area contributed by atoms with Gasteiger partial charge in [-0.05, 0) is 18.6 Å². The SMILES string of the molecule is CC(=O)N[C@@H](CCN(C)C(=N)N)CC(=O)N[C@H]1C=C[C@H](n2ccc(N)nc2=O)O[C@@H]1C(=O)O. The molecule has 1 aliphatic rings. The average Bonchev–Trinajstić information content (AvgIpc) is 2.71. The molecule has 0 saturated carbocycles. The number of hydrogen-bond acceptors (Lipinski definition) is 8. The maximum atomic E-state index is 12.6. The Bertz CT molecular complexity index is 993. The first-order chi connectivity index (χ1) is 15.5. The van der Waals surface area contributed by atoms with Crippen molar-refractivity contribution < 1.29 is 24.2 Å². The third-order valence-electron chi connectivity index (χ3n) is 4.86. The maximum absolute atomic E-state index is 12.6. The van der Waals surface area contributed by atoms with Gasteiger partial charge in [-0.3, -0.25) is 19.6 Å². The van der Waals surface area contributed by atoms with Gasteiger partial charge in [-0.2, -0.15) is 4.98 Å². The molecule has 0 radical (unpaired) electrons. The summed E-state index contributed by atoms with van der Waals surface area (Å²) < 4.78 is 6.58. The van der Waals surface area contributed by atoms with Crippen molar-refractivity contribution in [1.29, 1.82) is 5.41 Å². The van der Waals surface area contributed by atoms with Gasteiger partial charge in [0, 0.05) is 39.2 Å². The number of hydrogen-bond donors (Lipinski definition) is 6. The van der Waals surface area contributed by atoms with Gasteiger partial charge in [0.1, 0.15) is 5.82 Å². The van der Waals surface area contributed by atoms with E-state index >= 15 is 0 Å². The molecule has 0 aliphatic carbocycles. The number of anilines is 1. The first kappa shape index (κ1) is 25.3. The number of amides is 2. The van der Waals surface area contributed by atoms with E-state index in [1.165, 1.54) is 36.2 Å². The van der Waals surface area contributed by atoms with Gasteiger partial charge in [0.2, 0.25) is 11.8 Å². The molecular formula is C19H28N8O6. The number of ether oxygens (including phenoxy) is 1. The van der Waals surface area contributed by atoms with Crippen molar-refractivity contribution >= 4 is 29.6 Å². The Morgan fingerprint density at radius 3 is 2.67 bits per heavy atom. The Hall–Kier alpha value is -3.94. The van der Waals surface area contributed by atoms with Gasteiger partial charge in [0.25, 0.3) is 0 Å². The first-order valence-corrected chi connectivity index (χ1v) is 10.0. The maximum Gasteiger partial charge on any atom is 0.351 e. The molecule has 1 aromatic heterocycles. The summed E-state index contributed by atoms with van der Waals surface area (Å²) in [5, 5.41) is 22.2. The van der Waals surface area contributed by atoms with Crippen molar-refractivity contribution in [2.75, 3.05) is 19.3 Å². The lowest BCUT2D eigenvalue weighted by molar-refractivity contribution is -0.159. The standard InChI is InChI=1S/C19H28N8O6/c1-10(28)23-11(5-7-26(2)18(21)22)9-14(29)24-12-3-4-15(33-16(12)17(30)31)27-8-6-13(20)25-19(27)32/h3-4,6,8,11-12,15-16H,5,7,9H2,1-2H3,(H3,21,22)(H,23,28)(H,24,29)(H,30,31)(H2,20,25,32)/t11-,12-,15+,16-/m0/s1. The predicted molar refractivity (Wildman–Crippen MR) is 117 cm³/mol. The molecule has 0 saturated heterocycles. The molecule has 8 N–H and O–H groups in total. The molecule has 14 nitrogen and oxygen atoms in total. The van der Waals surface area contributed by atoms with Gasteiger partial charge in [-0.1, -0.05) is 6.08 Å². The number of nitrogens with one attached hydrogen (secondary N) is 3. The molecule has 4 atom stereocenters. The largest absolute Gasteiger partial charge is 0.479 e. The van der Waals surface area contributed by atoms with E-state index < -0.39 is 42.0 Å². The molecule has 0 unspecified atom stereocenters. The van der Waals surface area contributed by atoms with Gasteiger partial charge in [-0.15, -0.1) is 0 Å². The van der Waals surface area contributed by atoms with Crippen molar-refractivity contribution in [1.82, 2.24) is 25.1 Å². The highest BCUT2D eigenvalue weighted by Crippen LogP contribution is 2.21. The molecule has 1 aromatic rings. The van der Waals surface area contributed by atoms with E-state index in [1.54, 1.807) is 7.05 Å². The fourth-order valence-corrected chi connectivity index (χ4v) is 3.16. The predicted octanol–water partition coefficient (Wildman–Crippen LogP) is -2.04. The third-order valence-corrected chi connectivity index (χ3v) is 4.86. The third kappa shape index (κ3) is 7.31. The van der Waals surface area contributed by atoms with E-state index in [2.05, 4.69) is 15.6 Å². The number of nitrogens with zero attached hydrogens (tertiary/aromatic N) is 3. The van der Waals surface area contributed by atoms with Crippen LogP contribution >= 0.6 is 0 Å². The number of carbonyl (C=O) groups is 3. The van der Waals surface area contributed by atoms with Crippen molar-refractivity contribution in [3.63, 3.8) is 0 Å². The number of aromatic nitrogens is 2. The van der Waals surface area contributed by atoms with E-state index in [0.717, 1.165) is 4.57 Å². The second-order valence-corrected chi connectivity index (χ2v) is 7.50. The Kier molecular flexibility index (Phi) is 8.50. The molecular weight excluding hydrogens is 436 g/mol. The van der Waals surface area contributed by atoms with Crippen molar-refractivity contribution in [3.05, 3.63) is 34.9 Å². The zero-order chi connectivity index (χ0) is 24.7. The van der Waals surface area contributed by atoms with Crippen LogP contribution in [-0.4, -0.2) is 75.1 Å². The summed E-state index contributed by atoms with van der Waals surface area (Å²) in [6.45, 7) is 1.63. The zero-order valence-electron chi connectivity index (χ0n) is 18.2. The number of guanidine groups is 1. The summed E-state index contributed by atoms with van der Waals surface area (Å²) in [7, 11) is 1.60. The number of aliphatic carboxylic acids is 1. The van der Waals surface area contributed by atoms with Crippen LogP contribution in [0.1, 0.15) is 26.0 Å². The lowest BCUT2D eigenvalue weighted by atomic mass is 10.1. The van der Waals surface area contributed by atoms with Crippen LogP contribution in [0.4, 0.5) is 5.82 Å². The Balaban J connectivity index is 2.08. The van der Waals surface area contributed by atoms with E-state index in [0.29, 0.717) is 13.0 Å². The van der Waals surface area contributed by atoms with Crippen LogP contribution in [0.25, 0.3) is 0 Å². The fraction of sp³-hybridized carbons (Fsp3) is 0.474. The number of nitrogen functional groups attached to an aromatic ring is 1. The zero-order valence-corrected chi connectivity index (χ0v) is 18.2. The number of carbonyl (C=O) groups excluding carboxylic acids is 2. The van der Waals surface area contributed by atoms with Crippen molar-refractivity contribution in [2.24, 2.45) is 5.73 Å². The topological polar surface area (TPSA) is 219 Å². The molecule has 14 heteroatoms. The number of carboxylic acid groups (broad SMARTS) is 1. The first-order valence-electron chi connectivity index (χ1n) is 10.0.